The quantitative estimate of drug-likeness (QED) is 0.650. The van der Waals surface area contributed by atoms with Gasteiger partial charge in [0.1, 0.15) is 22.7 Å². The smallest absolute Gasteiger partial charge is 0.347 e. The Labute approximate surface area is 95.7 Å². The second kappa shape index (κ2) is 3.52. The summed E-state index contributed by atoms with van der Waals surface area (Å²) >= 11 is 0. The first-order valence-electron chi connectivity index (χ1n) is 5.05. The minimum atomic E-state index is -0.488. The third-order valence-electron chi connectivity index (χ3n) is 2.51. The minimum absolute atomic E-state index is 0.0615. The van der Waals surface area contributed by atoms with Crippen molar-refractivity contribution in [3.05, 3.63) is 53.1 Å². The van der Waals surface area contributed by atoms with E-state index in [2.05, 4.69) is 0 Å². The third-order valence-corrected chi connectivity index (χ3v) is 2.51. The molecule has 17 heavy (non-hydrogen) atoms. The average Bonchev–Trinajstić information content (AvgIpc) is 2.81. The van der Waals surface area contributed by atoms with Crippen LogP contribution in [-0.2, 0) is 0 Å². The molecule has 84 valence electrons. The molecule has 1 aromatic carbocycles. The van der Waals surface area contributed by atoms with E-state index in [9.17, 15) is 9.90 Å². The van der Waals surface area contributed by atoms with E-state index in [1.165, 1.54) is 18.4 Å². The van der Waals surface area contributed by atoms with Gasteiger partial charge in [-0.2, -0.15) is 0 Å². The van der Waals surface area contributed by atoms with E-state index in [1.807, 2.05) is 0 Å². The van der Waals surface area contributed by atoms with Crippen molar-refractivity contribution in [1.29, 1.82) is 0 Å². The Bertz CT molecular complexity index is 723. The molecule has 0 fully saturated rings. The van der Waals surface area contributed by atoms with Crippen molar-refractivity contribution in [2.24, 2.45) is 0 Å². The van der Waals surface area contributed by atoms with Gasteiger partial charge in [0.2, 0.25) is 0 Å². The van der Waals surface area contributed by atoms with Crippen molar-refractivity contribution < 1.29 is 13.9 Å². The van der Waals surface area contributed by atoms with E-state index in [1.54, 1.807) is 24.3 Å². The molecule has 2 aromatic heterocycles. The van der Waals surface area contributed by atoms with Gasteiger partial charge < -0.3 is 13.9 Å². The zero-order chi connectivity index (χ0) is 11.8. The number of phenolic OH excluding ortho intramolecular Hbond substituents is 1. The van der Waals surface area contributed by atoms with Crippen LogP contribution < -0.4 is 5.63 Å². The molecule has 2 heterocycles. The molecule has 0 aliphatic heterocycles. The second-order valence-electron chi connectivity index (χ2n) is 3.65. The normalized spacial score (nSPS) is 10.8. The molecule has 0 radical (unpaired) electrons. The van der Waals surface area contributed by atoms with Gasteiger partial charge in [-0.25, -0.2) is 4.79 Å². The lowest BCUT2D eigenvalue weighted by atomic mass is 10.1. The fraction of sp³-hybridized carbons (Fsp3) is 0. The summed E-state index contributed by atoms with van der Waals surface area (Å²) < 4.78 is 10.3. The summed E-state index contributed by atoms with van der Waals surface area (Å²) in [6.45, 7) is 0. The van der Waals surface area contributed by atoms with E-state index in [-0.39, 0.29) is 5.75 Å². The molecule has 4 heteroatoms. The topological polar surface area (TPSA) is 63.6 Å². The van der Waals surface area contributed by atoms with Crippen LogP contribution in [0.25, 0.3) is 22.3 Å². The van der Waals surface area contributed by atoms with Gasteiger partial charge >= 0.3 is 5.63 Å². The number of phenols is 1. The SMILES string of the molecule is O=c1oc2cc(O)ccc2cc1-c1ccco1. The molecule has 3 rings (SSSR count). The number of aromatic hydroxyl groups is 1. The van der Waals surface area contributed by atoms with Gasteiger partial charge in [-0.15, -0.1) is 0 Å². The highest BCUT2D eigenvalue weighted by Crippen LogP contribution is 2.23. The van der Waals surface area contributed by atoms with E-state index >= 15 is 0 Å². The molecule has 0 aliphatic rings. The van der Waals surface area contributed by atoms with Crippen molar-refractivity contribution >= 4 is 11.0 Å². The molecule has 4 nitrogen and oxygen atoms in total. The van der Waals surface area contributed by atoms with Crippen molar-refractivity contribution in [2.45, 2.75) is 0 Å². The predicted octanol–water partition coefficient (Wildman–Crippen LogP) is 2.76. The zero-order valence-corrected chi connectivity index (χ0v) is 8.71. The molecule has 0 atom stereocenters. The maximum Gasteiger partial charge on any atom is 0.347 e. The minimum Gasteiger partial charge on any atom is -0.508 e. The van der Waals surface area contributed by atoms with Crippen LogP contribution in [0.3, 0.4) is 0 Å². The van der Waals surface area contributed by atoms with Crippen LogP contribution in [0.1, 0.15) is 0 Å². The third kappa shape index (κ3) is 1.59. The number of furan rings is 1. The number of fused-ring (bicyclic) bond motifs is 1. The van der Waals surface area contributed by atoms with E-state index in [0.29, 0.717) is 16.9 Å². The van der Waals surface area contributed by atoms with Crippen LogP contribution in [0.5, 0.6) is 5.75 Å². The standard InChI is InChI=1S/C13H8O4/c14-9-4-3-8-6-10(11-2-1-5-16-11)13(15)17-12(8)7-9/h1-7,14H. The van der Waals surface area contributed by atoms with Crippen molar-refractivity contribution in [2.75, 3.05) is 0 Å². The summed E-state index contributed by atoms with van der Waals surface area (Å²) in [7, 11) is 0. The predicted molar refractivity (Wildman–Crippen MR) is 61.9 cm³/mol. The molecule has 0 unspecified atom stereocenters. The largest absolute Gasteiger partial charge is 0.508 e. The molecule has 0 amide bonds. The lowest BCUT2D eigenvalue weighted by Crippen LogP contribution is -2.01. The maximum atomic E-state index is 11.7. The van der Waals surface area contributed by atoms with Crippen molar-refractivity contribution in [3.63, 3.8) is 0 Å². The number of hydrogen-bond acceptors (Lipinski definition) is 4. The monoisotopic (exact) mass is 228 g/mol. The number of rotatable bonds is 1. The van der Waals surface area contributed by atoms with Gasteiger partial charge in [-0.1, -0.05) is 0 Å². The first-order valence-corrected chi connectivity index (χ1v) is 5.05. The van der Waals surface area contributed by atoms with Gasteiger partial charge in [0.05, 0.1) is 6.26 Å². The van der Waals surface area contributed by atoms with Crippen LogP contribution in [-0.4, -0.2) is 5.11 Å². The molecule has 0 spiro atoms. The summed E-state index contributed by atoms with van der Waals surface area (Å²) in [4.78, 5) is 11.7. The summed E-state index contributed by atoms with van der Waals surface area (Å²) in [6.07, 6.45) is 1.50. The van der Waals surface area contributed by atoms with Gasteiger partial charge in [0.15, 0.2) is 0 Å². The summed E-state index contributed by atoms with van der Waals surface area (Å²) in [5.41, 5.74) is 0.233. The second-order valence-corrected chi connectivity index (χ2v) is 3.65. The Morgan fingerprint density at radius 3 is 2.76 bits per heavy atom. The zero-order valence-electron chi connectivity index (χ0n) is 8.71. The molecule has 0 bridgehead atoms. The van der Waals surface area contributed by atoms with Gasteiger partial charge in [0, 0.05) is 11.5 Å². The molecule has 1 N–H and O–H groups in total. The van der Waals surface area contributed by atoms with Crippen LogP contribution in [0.15, 0.2) is 56.3 Å². The highest BCUT2D eigenvalue weighted by atomic mass is 16.4. The molecular formula is C13H8O4. The lowest BCUT2D eigenvalue weighted by molar-refractivity contribution is 0.473. The highest BCUT2D eigenvalue weighted by molar-refractivity contribution is 5.81. The maximum absolute atomic E-state index is 11.7. The Hall–Kier alpha value is -2.49. The Morgan fingerprint density at radius 1 is 1.12 bits per heavy atom. The summed E-state index contributed by atoms with van der Waals surface area (Å²) in [6, 6.07) is 9.70. The van der Waals surface area contributed by atoms with Crippen molar-refractivity contribution in [3.8, 4) is 17.1 Å². The molecular weight excluding hydrogens is 220 g/mol. The molecule has 0 saturated carbocycles. The van der Waals surface area contributed by atoms with Crippen LogP contribution in [0, 0.1) is 0 Å². The van der Waals surface area contributed by atoms with Gasteiger partial charge in [-0.3, -0.25) is 0 Å². The first-order chi connectivity index (χ1) is 8.24. The van der Waals surface area contributed by atoms with Gasteiger partial charge in [-0.05, 0) is 30.3 Å². The Balaban J connectivity index is 2.32. The number of hydrogen-bond donors (Lipinski definition) is 1. The van der Waals surface area contributed by atoms with E-state index < -0.39 is 5.63 Å². The highest BCUT2D eigenvalue weighted by Gasteiger charge is 2.10. The fourth-order valence-electron chi connectivity index (χ4n) is 1.70. The Kier molecular flexibility index (Phi) is 2.01. The van der Waals surface area contributed by atoms with E-state index in [4.69, 9.17) is 8.83 Å². The molecule has 0 aliphatic carbocycles. The van der Waals surface area contributed by atoms with Crippen LogP contribution in [0.4, 0.5) is 0 Å². The average molecular weight is 228 g/mol. The van der Waals surface area contributed by atoms with Gasteiger partial charge in [0.25, 0.3) is 0 Å². The first kappa shape index (κ1) is 9.72. The van der Waals surface area contributed by atoms with E-state index in [0.717, 1.165) is 5.39 Å². The van der Waals surface area contributed by atoms with Crippen molar-refractivity contribution in [1.82, 2.24) is 0 Å². The lowest BCUT2D eigenvalue weighted by Gasteiger charge is -2.00. The fourth-order valence-corrected chi connectivity index (χ4v) is 1.70. The summed E-state index contributed by atoms with van der Waals surface area (Å²) in [5.74, 6) is 0.528. The van der Waals surface area contributed by atoms with Crippen LogP contribution in [0.2, 0.25) is 0 Å². The molecule has 0 saturated heterocycles. The Morgan fingerprint density at radius 2 is 2.00 bits per heavy atom. The number of benzene rings is 1. The molecule has 3 aromatic rings. The summed E-state index contributed by atoms with van der Waals surface area (Å²) in [5, 5.41) is 10.0. The van der Waals surface area contributed by atoms with Crippen LogP contribution >= 0.6 is 0 Å².